The van der Waals surface area contributed by atoms with Crippen LogP contribution in [-0.2, 0) is 6.54 Å². The normalized spacial score (nSPS) is 23.9. The quantitative estimate of drug-likeness (QED) is 0.906. The summed E-state index contributed by atoms with van der Waals surface area (Å²) in [5.41, 5.74) is 1.45. The van der Waals surface area contributed by atoms with Gasteiger partial charge in [0.05, 0.1) is 7.11 Å². The molecule has 2 rings (SSSR count). The molecular formula is C16H26N2O. The number of hydrogen-bond donors (Lipinski definition) is 1. The van der Waals surface area contributed by atoms with E-state index in [1.807, 2.05) is 12.1 Å². The largest absolute Gasteiger partial charge is 0.496 e. The molecule has 3 nitrogen and oxygen atoms in total. The lowest BCUT2D eigenvalue weighted by atomic mass is 10.0. The van der Waals surface area contributed by atoms with Crippen molar-refractivity contribution in [1.29, 1.82) is 0 Å². The van der Waals surface area contributed by atoms with Crippen molar-refractivity contribution in [2.24, 2.45) is 0 Å². The second kappa shape index (κ2) is 5.93. The van der Waals surface area contributed by atoms with E-state index >= 15 is 0 Å². The summed E-state index contributed by atoms with van der Waals surface area (Å²) < 4.78 is 5.46. The Morgan fingerprint density at radius 1 is 1.37 bits per heavy atom. The third-order valence-corrected chi connectivity index (χ3v) is 3.95. The predicted octanol–water partition coefficient (Wildman–Crippen LogP) is 2.66. The molecular weight excluding hydrogens is 236 g/mol. The molecule has 1 aromatic rings. The zero-order chi connectivity index (χ0) is 13.9. The van der Waals surface area contributed by atoms with E-state index < -0.39 is 0 Å². The molecule has 1 saturated heterocycles. The van der Waals surface area contributed by atoms with Gasteiger partial charge < -0.3 is 10.1 Å². The van der Waals surface area contributed by atoms with Crippen molar-refractivity contribution < 1.29 is 4.74 Å². The summed E-state index contributed by atoms with van der Waals surface area (Å²) in [6.45, 7) is 9.98. The van der Waals surface area contributed by atoms with Gasteiger partial charge in [-0.3, -0.25) is 4.90 Å². The van der Waals surface area contributed by atoms with Gasteiger partial charge in [0.2, 0.25) is 0 Å². The summed E-state index contributed by atoms with van der Waals surface area (Å²) in [6, 6.07) is 8.92. The van der Waals surface area contributed by atoms with Crippen LogP contribution >= 0.6 is 0 Å². The molecule has 0 saturated carbocycles. The fraction of sp³-hybridized carbons (Fsp3) is 0.625. The molecule has 1 heterocycles. The average molecular weight is 262 g/mol. The second-order valence-electron chi connectivity index (χ2n) is 6.17. The maximum Gasteiger partial charge on any atom is 0.123 e. The Morgan fingerprint density at radius 3 is 2.84 bits per heavy atom. The van der Waals surface area contributed by atoms with Crippen molar-refractivity contribution in [3.05, 3.63) is 29.8 Å². The fourth-order valence-electron chi connectivity index (χ4n) is 2.79. The minimum absolute atomic E-state index is 0.173. The number of rotatable bonds is 3. The molecule has 1 atom stereocenters. The first-order valence-corrected chi connectivity index (χ1v) is 7.13. The van der Waals surface area contributed by atoms with Gasteiger partial charge in [0, 0.05) is 30.2 Å². The molecule has 0 aromatic heterocycles. The van der Waals surface area contributed by atoms with Crippen LogP contribution in [0.2, 0.25) is 0 Å². The maximum atomic E-state index is 5.46. The van der Waals surface area contributed by atoms with Gasteiger partial charge >= 0.3 is 0 Å². The van der Waals surface area contributed by atoms with Gasteiger partial charge in [0.25, 0.3) is 0 Å². The molecule has 0 bridgehead atoms. The minimum Gasteiger partial charge on any atom is -0.496 e. The zero-order valence-electron chi connectivity index (χ0n) is 12.6. The van der Waals surface area contributed by atoms with Gasteiger partial charge in [-0.25, -0.2) is 0 Å². The number of ether oxygens (including phenoxy) is 1. The Kier molecular flexibility index (Phi) is 4.48. The molecule has 3 heteroatoms. The SMILES string of the molecule is COc1ccccc1CN1CC(C)(C)NCCC1C. The maximum absolute atomic E-state index is 5.46. The van der Waals surface area contributed by atoms with Gasteiger partial charge in [-0.2, -0.15) is 0 Å². The lowest BCUT2D eigenvalue weighted by Crippen LogP contribution is -2.47. The molecule has 1 aliphatic rings. The van der Waals surface area contributed by atoms with Crippen molar-refractivity contribution >= 4 is 0 Å². The lowest BCUT2D eigenvalue weighted by Gasteiger charge is -2.33. The Hall–Kier alpha value is -1.06. The summed E-state index contributed by atoms with van der Waals surface area (Å²) in [5, 5.41) is 3.62. The minimum atomic E-state index is 0.173. The molecule has 0 radical (unpaired) electrons. The molecule has 1 aliphatic heterocycles. The summed E-state index contributed by atoms with van der Waals surface area (Å²) in [6.07, 6.45) is 1.19. The van der Waals surface area contributed by atoms with Gasteiger partial charge in [-0.05, 0) is 39.8 Å². The average Bonchev–Trinajstić information content (AvgIpc) is 2.49. The van der Waals surface area contributed by atoms with Crippen LogP contribution in [-0.4, -0.2) is 36.7 Å². The third-order valence-electron chi connectivity index (χ3n) is 3.95. The third kappa shape index (κ3) is 3.71. The highest BCUT2D eigenvalue weighted by Crippen LogP contribution is 2.23. The number of hydrogen-bond acceptors (Lipinski definition) is 3. The Morgan fingerprint density at radius 2 is 2.11 bits per heavy atom. The number of nitrogens with zero attached hydrogens (tertiary/aromatic N) is 1. The Balaban J connectivity index is 2.15. The van der Waals surface area contributed by atoms with Crippen LogP contribution < -0.4 is 10.1 Å². The summed E-state index contributed by atoms with van der Waals surface area (Å²) in [7, 11) is 1.75. The van der Waals surface area contributed by atoms with E-state index in [4.69, 9.17) is 4.74 Å². The molecule has 1 aromatic carbocycles. The van der Waals surface area contributed by atoms with Crippen LogP contribution in [0, 0.1) is 0 Å². The molecule has 0 spiro atoms. The number of nitrogens with one attached hydrogen (secondary N) is 1. The van der Waals surface area contributed by atoms with Gasteiger partial charge in [-0.15, -0.1) is 0 Å². The van der Waals surface area contributed by atoms with Crippen LogP contribution in [0.25, 0.3) is 0 Å². The number of para-hydroxylation sites is 1. The summed E-state index contributed by atoms with van der Waals surface area (Å²) in [4.78, 5) is 2.55. The van der Waals surface area contributed by atoms with Gasteiger partial charge in [0.1, 0.15) is 5.75 Å². The van der Waals surface area contributed by atoms with E-state index in [1.54, 1.807) is 7.11 Å². The monoisotopic (exact) mass is 262 g/mol. The smallest absolute Gasteiger partial charge is 0.123 e. The molecule has 0 aliphatic carbocycles. The standard InChI is InChI=1S/C16H26N2O/c1-13-9-10-17-16(2,3)12-18(13)11-14-7-5-6-8-15(14)19-4/h5-8,13,17H,9-12H2,1-4H3. The summed E-state index contributed by atoms with van der Waals surface area (Å²) in [5.74, 6) is 0.990. The first-order chi connectivity index (χ1) is 9.02. The number of methoxy groups -OCH3 is 1. The first kappa shape index (κ1) is 14.4. The number of benzene rings is 1. The summed E-state index contributed by atoms with van der Waals surface area (Å²) >= 11 is 0. The van der Waals surface area contributed by atoms with Crippen LogP contribution in [0.3, 0.4) is 0 Å². The lowest BCUT2D eigenvalue weighted by molar-refractivity contribution is 0.171. The zero-order valence-corrected chi connectivity index (χ0v) is 12.6. The molecule has 1 fully saturated rings. The van der Waals surface area contributed by atoms with E-state index in [0.717, 1.165) is 25.4 Å². The van der Waals surface area contributed by atoms with Gasteiger partial charge in [-0.1, -0.05) is 18.2 Å². The van der Waals surface area contributed by atoms with Crippen molar-refractivity contribution in [2.45, 2.75) is 45.3 Å². The van der Waals surface area contributed by atoms with Gasteiger partial charge in [0.15, 0.2) is 0 Å². The topological polar surface area (TPSA) is 24.5 Å². The second-order valence-corrected chi connectivity index (χ2v) is 6.17. The van der Waals surface area contributed by atoms with E-state index in [9.17, 15) is 0 Å². The van der Waals surface area contributed by atoms with E-state index in [1.165, 1.54) is 12.0 Å². The van der Waals surface area contributed by atoms with Crippen LogP contribution in [0.1, 0.15) is 32.8 Å². The first-order valence-electron chi connectivity index (χ1n) is 7.13. The fourth-order valence-corrected chi connectivity index (χ4v) is 2.79. The van der Waals surface area contributed by atoms with Crippen LogP contribution in [0.5, 0.6) is 5.75 Å². The van der Waals surface area contributed by atoms with E-state index in [0.29, 0.717) is 6.04 Å². The van der Waals surface area contributed by atoms with Crippen molar-refractivity contribution in [2.75, 3.05) is 20.2 Å². The Labute approximate surface area is 116 Å². The molecule has 19 heavy (non-hydrogen) atoms. The van der Waals surface area contributed by atoms with Crippen LogP contribution in [0.4, 0.5) is 0 Å². The molecule has 1 unspecified atom stereocenters. The van der Waals surface area contributed by atoms with Crippen LogP contribution in [0.15, 0.2) is 24.3 Å². The van der Waals surface area contributed by atoms with E-state index in [2.05, 4.69) is 43.1 Å². The highest BCUT2D eigenvalue weighted by molar-refractivity contribution is 5.33. The molecule has 1 N–H and O–H groups in total. The predicted molar refractivity (Wildman–Crippen MR) is 79.6 cm³/mol. The highest BCUT2D eigenvalue weighted by Gasteiger charge is 2.28. The van der Waals surface area contributed by atoms with Crippen molar-refractivity contribution in [3.8, 4) is 5.75 Å². The Bertz CT molecular complexity index is 417. The molecule has 0 amide bonds. The molecule has 106 valence electrons. The van der Waals surface area contributed by atoms with Crippen molar-refractivity contribution in [1.82, 2.24) is 10.2 Å². The highest BCUT2D eigenvalue weighted by atomic mass is 16.5. The van der Waals surface area contributed by atoms with Crippen molar-refractivity contribution in [3.63, 3.8) is 0 Å². The van der Waals surface area contributed by atoms with E-state index in [-0.39, 0.29) is 5.54 Å².